The molecule has 2 aliphatic rings. The number of fused-ring (bicyclic) bond motifs is 1. The first-order valence-corrected chi connectivity index (χ1v) is 12.1. The van der Waals surface area contributed by atoms with Gasteiger partial charge in [-0.05, 0) is 37.8 Å². The molecule has 30 heavy (non-hydrogen) atoms. The predicted octanol–water partition coefficient (Wildman–Crippen LogP) is 2.18. The molecule has 168 valence electrons. The lowest BCUT2D eigenvalue weighted by molar-refractivity contribution is -0.135. The number of amides is 1. The molecule has 2 heterocycles. The van der Waals surface area contributed by atoms with E-state index in [1.807, 2.05) is 20.8 Å². The van der Waals surface area contributed by atoms with E-state index in [0.717, 1.165) is 19.3 Å². The van der Waals surface area contributed by atoms with Crippen LogP contribution >= 0.6 is 0 Å². The van der Waals surface area contributed by atoms with Gasteiger partial charge in [0, 0.05) is 32.2 Å². The molecule has 1 aromatic rings. The van der Waals surface area contributed by atoms with E-state index < -0.39 is 16.1 Å². The maximum absolute atomic E-state index is 13.2. The molecule has 1 N–H and O–H groups in total. The zero-order valence-corrected chi connectivity index (χ0v) is 18.7. The highest BCUT2D eigenvalue weighted by Crippen LogP contribution is 2.32. The molecule has 1 amide bonds. The number of likely N-dealkylation sites (N-methyl/N-ethyl adjacent to an activating group) is 1. The Labute approximate surface area is 178 Å². The number of hydrogen-bond acceptors (Lipinski definition) is 6. The van der Waals surface area contributed by atoms with Gasteiger partial charge in [0.05, 0.1) is 24.2 Å². The van der Waals surface area contributed by atoms with Crippen LogP contribution in [0.2, 0.25) is 0 Å². The number of nitrogens with zero attached hydrogens (tertiary/aromatic N) is 1. The first-order valence-electron chi connectivity index (χ1n) is 10.6. The lowest BCUT2D eigenvalue weighted by Gasteiger charge is -2.30. The molecular weight excluding hydrogens is 408 g/mol. The molecule has 0 radical (unpaired) electrons. The summed E-state index contributed by atoms with van der Waals surface area (Å²) in [5, 5.41) is 0. The summed E-state index contributed by atoms with van der Waals surface area (Å²) in [7, 11) is -3.93. The average Bonchev–Trinajstić information content (AvgIpc) is 3.12. The van der Waals surface area contributed by atoms with E-state index in [0.29, 0.717) is 44.4 Å². The lowest BCUT2D eigenvalue weighted by Crippen LogP contribution is -2.52. The number of hydrogen-bond donors (Lipinski definition) is 1. The van der Waals surface area contributed by atoms with Crippen molar-refractivity contribution < 1.29 is 27.4 Å². The Morgan fingerprint density at radius 2 is 1.90 bits per heavy atom. The van der Waals surface area contributed by atoms with Crippen LogP contribution in [-0.4, -0.2) is 64.3 Å². The van der Waals surface area contributed by atoms with E-state index in [9.17, 15) is 13.2 Å². The Hall–Kier alpha value is -1.84. The Morgan fingerprint density at radius 1 is 1.17 bits per heavy atom. The van der Waals surface area contributed by atoms with E-state index in [1.165, 1.54) is 12.1 Å². The van der Waals surface area contributed by atoms with Crippen LogP contribution in [0.5, 0.6) is 11.5 Å². The van der Waals surface area contributed by atoms with Crippen LogP contribution in [0.4, 0.5) is 0 Å². The molecule has 2 atom stereocenters. The van der Waals surface area contributed by atoms with E-state index in [-0.39, 0.29) is 22.8 Å². The first kappa shape index (κ1) is 22.8. The van der Waals surface area contributed by atoms with Gasteiger partial charge in [-0.15, -0.1) is 0 Å². The van der Waals surface area contributed by atoms with Gasteiger partial charge in [-0.3, -0.25) is 4.79 Å². The lowest BCUT2D eigenvalue weighted by atomic mass is 10.0. The standard InChI is InChI=1S/C21H32N2O6S/c1-4-23(14-16-7-5-10-27-16)21(24)20(15(2)3)22-30(25,26)17-8-9-18-19(13-17)29-12-6-11-28-18/h8-9,13,15-16,20,22H,4-7,10-12,14H2,1-3H3. The van der Waals surface area contributed by atoms with Crippen LogP contribution in [-0.2, 0) is 19.6 Å². The van der Waals surface area contributed by atoms with Gasteiger partial charge in [-0.1, -0.05) is 13.8 Å². The van der Waals surface area contributed by atoms with E-state index in [4.69, 9.17) is 14.2 Å². The van der Waals surface area contributed by atoms with E-state index in [1.54, 1.807) is 11.0 Å². The fraction of sp³-hybridized carbons (Fsp3) is 0.667. The maximum Gasteiger partial charge on any atom is 0.241 e. The SMILES string of the molecule is CCN(CC1CCCO1)C(=O)C(NS(=O)(=O)c1ccc2c(c1)OCCCO2)C(C)C. The van der Waals surface area contributed by atoms with E-state index in [2.05, 4.69) is 4.72 Å². The molecule has 0 aromatic heterocycles. The molecule has 9 heteroatoms. The zero-order valence-electron chi connectivity index (χ0n) is 17.9. The third-order valence-electron chi connectivity index (χ3n) is 5.39. The Bertz CT molecular complexity index is 836. The summed E-state index contributed by atoms with van der Waals surface area (Å²) in [5.41, 5.74) is 0. The summed E-state index contributed by atoms with van der Waals surface area (Å²) >= 11 is 0. The Balaban J connectivity index is 1.77. The van der Waals surface area contributed by atoms with Crippen molar-refractivity contribution in [3.05, 3.63) is 18.2 Å². The minimum atomic E-state index is -3.93. The molecule has 2 aliphatic heterocycles. The first-order chi connectivity index (χ1) is 14.3. The molecule has 1 saturated heterocycles. The third kappa shape index (κ3) is 5.44. The second-order valence-corrected chi connectivity index (χ2v) is 9.73. The Morgan fingerprint density at radius 3 is 2.53 bits per heavy atom. The predicted molar refractivity (Wildman–Crippen MR) is 112 cm³/mol. The molecular formula is C21H32N2O6S. The van der Waals surface area contributed by atoms with Crippen LogP contribution in [0.15, 0.2) is 23.1 Å². The van der Waals surface area contributed by atoms with Crippen LogP contribution in [0.3, 0.4) is 0 Å². The van der Waals surface area contributed by atoms with Gasteiger partial charge in [0.25, 0.3) is 0 Å². The second kappa shape index (κ2) is 9.98. The van der Waals surface area contributed by atoms with Crippen molar-refractivity contribution in [1.29, 1.82) is 0 Å². The van der Waals surface area contributed by atoms with E-state index >= 15 is 0 Å². The second-order valence-electron chi connectivity index (χ2n) is 8.01. The Kier molecular flexibility index (Phi) is 7.60. The summed E-state index contributed by atoms with van der Waals surface area (Å²) < 4.78 is 45.6. The highest BCUT2D eigenvalue weighted by molar-refractivity contribution is 7.89. The summed E-state index contributed by atoms with van der Waals surface area (Å²) in [4.78, 5) is 14.9. The van der Waals surface area contributed by atoms with Gasteiger partial charge >= 0.3 is 0 Å². The number of nitrogens with one attached hydrogen (secondary N) is 1. The summed E-state index contributed by atoms with van der Waals surface area (Å²) in [6.45, 7) is 8.23. The van der Waals surface area contributed by atoms with Crippen molar-refractivity contribution in [1.82, 2.24) is 9.62 Å². The number of sulfonamides is 1. The van der Waals surface area contributed by atoms with Gasteiger partial charge in [0.2, 0.25) is 15.9 Å². The van der Waals surface area contributed by atoms with Crippen molar-refractivity contribution in [2.75, 3.05) is 32.9 Å². The van der Waals surface area contributed by atoms with Crippen molar-refractivity contribution in [3.8, 4) is 11.5 Å². The summed E-state index contributed by atoms with van der Waals surface area (Å²) in [5.74, 6) is 0.472. The topological polar surface area (TPSA) is 94.2 Å². The molecule has 8 nitrogen and oxygen atoms in total. The van der Waals surface area contributed by atoms with Gasteiger partial charge < -0.3 is 19.1 Å². The third-order valence-corrected chi connectivity index (χ3v) is 6.82. The molecule has 0 aliphatic carbocycles. The minimum Gasteiger partial charge on any atom is -0.490 e. The van der Waals surface area contributed by atoms with Crippen molar-refractivity contribution in [2.24, 2.45) is 5.92 Å². The molecule has 2 unspecified atom stereocenters. The van der Waals surface area contributed by atoms with Crippen LogP contribution in [0, 0.1) is 5.92 Å². The number of carbonyl (C=O) groups excluding carboxylic acids is 1. The molecule has 0 saturated carbocycles. The molecule has 1 fully saturated rings. The fourth-order valence-electron chi connectivity index (χ4n) is 3.62. The maximum atomic E-state index is 13.2. The normalized spacial score (nSPS) is 20.1. The smallest absolute Gasteiger partial charge is 0.241 e. The molecule has 0 bridgehead atoms. The van der Waals surface area contributed by atoms with Gasteiger partial charge in [0.1, 0.15) is 6.04 Å². The minimum absolute atomic E-state index is 0.0139. The van der Waals surface area contributed by atoms with Crippen LogP contribution in [0.1, 0.15) is 40.0 Å². The summed E-state index contributed by atoms with van der Waals surface area (Å²) in [6, 6.07) is 3.65. The number of ether oxygens (including phenoxy) is 3. The van der Waals surface area contributed by atoms with Crippen molar-refractivity contribution >= 4 is 15.9 Å². The van der Waals surface area contributed by atoms with Gasteiger partial charge in [-0.2, -0.15) is 4.72 Å². The zero-order chi connectivity index (χ0) is 21.7. The summed E-state index contributed by atoms with van der Waals surface area (Å²) in [6.07, 6.45) is 2.65. The van der Waals surface area contributed by atoms with Crippen molar-refractivity contribution in [3.63, 3.8) is 0 Å². The monoisotopic (exact) mass is 440 g/mol. The quantitative estimate of drug-likeness (QED) is 0.666. The molecule has 3 rings (SSSR count). The molecule has 1 aromatic carbocycles. The largest absolute Gasteiger partial charge is 0.490 e. The number of carbonyl (C=O) groups is 1. The highest BCUT2D eigenvalue weighted by Gasteiger charge is 2.33. The van der Waals surface area contributed by atoms with Gasteiger partial charge in [0.15, 0.2) is 11.5 Å². The molecule has 0 spiro atoms. The fourth-order valence-corrected chi connectivity index (χ4v) is 4.98. The van der Waals surface area contributed by atoms with Crippen LogP contribution < -0.4 is 14.2 Å². The highest BCUT2D eigenvalue weighted by atomic mass is 32.2. The van der Waals surface area contributed by atoms with Crippen molar-refractivity contribution in [2.45, 2.75) is 57.1 Å². The average molecular weight is 441 g/mol. The van der Waals surface area contributed by atoms with Crippen LogP contribution in [0.25, 0.3) is 0 Å². The number of rotatable bonds is 8. The van der Waals surface area contributed by atoms with Gasteiger partial charge in [-0.25, -0.2) is 8.42 Å². The number of benzene rings is 1.